The molecule has 0 aromatic rings. The van der Waals surface area contributed by atoms with Crippen LogP contribution in [0.5, 0.6) is 0 Å². The Balaban J connectivity index is 3.30. The van der Waals surface area contributed by atoms with Crippen molar-refractivity contribution in [2.75, 3.05) is 0 Å². The van der Waals surface area contributed by atoms with Crippen LogP contribution in [0, 0.1) is 11.8 Å². The fraction of sp³-hybridized carbons (Fsp3) is 0.765. The van der Waals surface area contributed by atoms with Gasteiger partial charge < -0.3 is 0 Å². The van der Waals surface area contributed by atoms with Gasteiger partial charge >= 0.3 is 0 Å². The zero-order chi connectivity index (χ0) is 13.3. The van der Waals surface area contributed by atoms with E-state index in [0.29, 0.717) is 11.8 Å². The summed E-state index contributed by atoms with van der Waals surface area (Å²) in [4.78, 5) is 0. The average Bonchev–Trinajstić information content (AvgIpc) is 2.26. The monoisotopic (exact) mass is 236 g/mol. The van der Waals surface area contributed by atoms with Gasteiger partial charge in [-0.05, 0) is 37.5 Å². The third-order valence-corrected chi connectivity index (χ3v) is 3.63. The molecule has 0 saturated carbocycles. The number of allylic oxidation sites excluding steroid dienone is 2. The van der Waals surface area contributed by atoms with Crippen molar-refractivity contribution in [3.63, 3.8) is 0 Å². The van der Waals surface area contributed by atoms with Crippen molar-refractivity contribution < 1.29 is 0 Å². The fourth-order valence-electron chi connectivity index (χ4n) is 1.81. The molecule has 0 radical (unpaired) electrons. The lowest BCUT2D eigenvalue weighted by molar-refractivity contribution is 0.582. The van der Waals surface area contributed by atoms with Crippen molar-refractivity contribution in [3.05, 3.63) is 24.3 Å². The lowest BCUT2D eigenvalue weighted by Gasteiger charge is -2.10. The topological polar surface area (TPSA) is 0 Å². The standard InChI is InChI=1S/C17H32/c1-14(2)16(5)12-10-8-7-9-11-13-17(6)15(3)4/h14-15H,5-13H2,1-4H3. The van der Waals surface area contributed by atoms with Gasteiger partial charge in [0.1, 0.15) is 0 Å². The fourth-order valence-corrected chi connectivity index (χ4v) is 1.81. The van der Waals surface area contributed by atoms with Crippen molar-refractivity contribution in [2.45, 2.75) is 72.6 Å². The van der Waals surface area contributed by atoms with E-state index < -0.39 is 0 Å². The van der Waals surface area contributed by atoms with Crippen LogP contribution < -0.4 is 0 Å². The maximum Gasteiger partial charge on any atom is -0.0263 e. The van der Waals surface area contributed by atoms with Crippen molar-refractivity contribution in [1.29, 1.82) is 0 Å². The average molecular weight is 236 g/mol. The molecule has 0 aliphatic heterocycles. The number of hydrogen-bond donors (Lipinski definition) is 0. The molecule has 0 amide bonds. The first-order chi connectivity index (χ1) is 7.95. The summed E-state index contributed by atoms with van der Waals surface area (Å²) >= 11 is 0. The van der Waals surface area contributed by atoms with Gasteiger partial charge in [0.2, 0.25) is 0 Å². The second kappa shape index (κ2) is 9.50. The van der Waals surface area contributed by atoms with Crippen LogP contribution in [0.15, 0.2) is 24.3 Å². The zero-order valence-electron chi connectivity index (χ0n) is 12.5. The van der Waals surface area contributed by atoms with Gasteiger partial charge in [-0.2, -0.15) is 0 Å². The Kier molecular flexibility index (Phi) is 9.21. The lowest BCUT2D eigenvalue weighted by Crippen LogP contribution is -1.93. The largest absolute Gasteiger partial charge is 0.0996 e. The SMILES string of the molecule is C=C(CCCCCCCC(=C)C(C)C)C(C)C. The first-order valence-electron chi connectivity index (χ1n) is 7.30. The van der Waals surface area contributed by atoms with Crippen LogP contribution in [0.2, 0.25) is 0 Å². The molecule has 0 heteroatoms. The van der Waals surface area contributed by atoms with Crippen LogP contribution in [-0.4, -0.2) is 0 Å². The van der Waals surface area contributed by atoms with E-state index in [0.717, 1.165) is 0 Å². The summed E-state index contributed by atoms with van der Waals surface area (Å²) < 4.78 is 0. The lowest BCUT2D eigenvalue weighted by atomic mass is 9.96. The molecule has 0 aromatic carbocycles. The molecule has 0 saturated heterocycles. The minimum atomic E-state index is 0.657. The summed E-state index contributed by atoms with van der Waals surface area (Å²) in [7, 11) is 0. The Morgan fingerprint density at radius 2 is 0.941 bits per heavy atom. The highest BCUT2D eigenvalue weighted by atomic mass is 14.1. The molecule has 100 valence electrons. The molecule has 0 N–H and O–H groups in total. The molecule has 0 rings (SSSR count). The van der Waals surface area contributed by atoms with Gasteiger partial charge in [-0.3, -0.25) is 0 Å². The summed E-state index contributed by atoms with van der Waals surface area (Å²) in [5.74, 6) is 1.31. The molecule has 17 heavy (non-hydrogen) atoms. The highest BCUT2D eigenvalue weighted by molar-refractivity contribution is 4.97. The van der Waals surface area contributed by atoms with E-state index in [-0.39, 0.29) is 0 Å². The van der Waals surface area contributed by atoms with Gasteiger partial charge in [-0.25, -0.2) is 0 Å². The van der Waals surface area contributed by atoms with Crippen LogP contribution >= 0.6 is 0 Å². The van der Waals surface area contributed by atoms with Crippen molar-refractivity contribution in [1.82, 2.24) is 0 Å². The van der Waals surface area contributed by atoms with Gasteiger partial charge in [0.15, 0.2) is 0 Å². The molecule has 0 aromatic heterocycles. The molecule has 0 bridgehead atoms. The minimum Gasteiger partial charge on any atom is -0.0996 e. The predicted octanol–water partition coefficient (Wildman–Crippen LogP) is 6.14. The van der Waals surface area contributed by atoms with Crippen LogP contribution in [-0.2, 0) is 0 Å². The second-order valence-corrected chi connectivity index (χ2v) is 5.89. The molecule has 0 atom stereocenters. The number of hydrogen-bond acceptors (Lipinski definition) is 0. The van der Waals surface area contributed by atoms with E-state index in [1.54, 1.807) is 0 Å². The highest BCUT2D eigenvalue weighted by Crippen LogP contribution is 2.18. The van der Waals surface area contributed by atoms with Crippen molar-refractivity contribution in [2.24, 2.45) is 11.8 Å². The van der Waals surface area contributed by atoms with Crippen LogP contribution in [0.4, 0.5) is 0 Å². The van der Waals surface area contributed by atoms with E-state index in [1.165, 1.54) is 56.1 Å². The Labute approximate surface area is 109 Å². The van der Waals surface area contributed by atoms with Gasteiger partial charge in [0, 0.05) is 0 Å². The molecule has 0 spiro atoms. The van der Waals surface area contributed by atoms with Crippen LogP contribution in [0.25, 0.3) is 0 Å². The summed E-state index contributed by atoms with van der Waals surface area (Å²) in [5.41, 5.74) is 2.83. The van der Waals surface area contributed by atoms with Crippen molar-refractivity contribution in [3.8, 4) is 0 Å². The van der Waals surface area contributed by atoms with E-state index in [4.69, 9.17) is 0 Å². The molecule has 0 aliphatic carbocycles. The summed E-state index contributed by atoms with van der Waals surface area (Å²) in [6.45, 7) is 17.2. The molecule has 0 nitrogen and oxygen atoms in total. The Hall–Kier alpha value is -0.520. The molecule has 0 fully saturated rings. The third-order valence-electron chi connectivity index (χ3n) is 3.63. The molecular weight excluding hydrogens is 204 g/mol. The number of unbranched alkanes of at least 4 members (excludes halogenated alkanes) is 4. The van der Waals surface area contributed by atoms with Gasteiger partial charge in [0.25, 0.3) is 0 Å². The summed E-state index contributed by atoms with van der Waals surface area (Å²) in [6, 6.07) is 0. The Bertz CT molecular complexity index is 196. The Morgan fingerprint density at radius 1 is 0.647 bits per heavy atom. The Morgan fingerprint density at radius 3 is 1.24 bits per heavy atom. The normalized spacial score (nSPS) is 11.2. The van der Waals surface area contributed by atoms with E-state index in [9.17, 15) is 0 Å². The van der Waals surface area contributed by atoms with E-state index in [1.807, 2.05) is 0 Å². The molecule has 0 aliphatic rings. The summed E-state index contributed by atoms with van der Waals surface area (Å²) in [6.07, 6.45) is 9.17. The van der Waals surface area contributed by atoms with Gasteiger partial charge in [-0.1, -0.05) is 71.3 Å². The first-order valence-corrected chi connectivity index (χ1v) is 7.30. The maximum absolute atomic E-state index is 4.12. The quantitative estimate of drug-likeness (QED) is 0.315. The number of rotatable bonds is 10. The van der Waals surface area contributed by atoms with Crippen LogP contribution in [0.1, 0.15) is 72.6 Å². The van der Waals surface area contributed by atoms with E-state index >= 15 is 0 Å². The van der Waals surface area contributed by atoms with Gasteiger partial charge in [-0.15, -0.1) is 0 Å². The van der Waals surface area contributed by atoms with Gasteiger partial charge in [0.05, 0.1) is 0 Å². The van der Waals surface area contributed by atoms with Crippen molar-refractivity contribution >= 4 is 0 Å². The predicted molar refractivity (Wildman–Crippen MR) is 80.3 cm³/mol. The second-order valence-electron chi connectivity index (χ2n) is 5.89. The molecule has 0 unspecified atom stereocenters. The maximum atomic E-state index is 4.12. The summed E-state index contributed by atoms with van der Waals surface area (Å²) in [5, 5.41) is 0. The minimum absolute atomic E-state index is 0.657. The third kappa shape index (κ3) is 9.21. The first kappa shape index (κ1) is 16.5. The smallest absolute Gasteiger partial charge is 0.0263 e. The molecule has 0 heterocycles. The molecular formula is C17H32. The van der Waals surface area contributed by atoms with E-state index in [2.05, 4.69) is 40.9 Å². The zero-order valence-corrected chi connectivity index (χ0v) is 12.5. The highest BCUT2D eigenvalue weighted by Gasteiger charge is 2.01. The van der Waals surface area contributed by atoms with Crippen LogP contribution in [0.3, 0.4) is 0 Å².